The van der Waals surface area contributed by atoms with Gasteiger partial charge in [0.25, 0.3) is 0 Å². The summed E-state index contributed by atoms with van der Waals surface area (Å²) in [4.78, 5) is 32.8. The Hall–Kier alpha value is -3.22. The molecule has 1 aromatic heterocycles. The maximum atomic E-state index is 13.2. The Bertz CT molecular complexity index is 1150. The maximum absolute atomic E-state index is 13.2. The highest BCUT2D eigenvalue weighted by Crippen LogP contribution is 2.41. The number of pyridine rings is 1. The Morgan fingerprint density at radius 1 is 1.18 bits per heavy atom. The molecule has 1 aromatic carbocycles. The first kappa shape index (κ1) is 21.6. The van der Waals surface area contributed by atoms with Crippen molar-refractivity contribution in [2.24, 2.45) is 0 Å². The average Bonchev–Trinajstić information content (AvgIpc) is 3.53. The van der Waals surface area contributed by atoms with E-state index in [1.165, 1.54) is 12.8 Å². The highest BCUT2D eigenvalue weighted by atomic mass is 16.4. The number of carbonyl (C=O) groups is 2. The summed E-state index contributed by atoms with van der Waals surface area (Å²) in [6.07, 6.45) is 3.10. The number of aliphatic carboxylic acids is 1. The molecule has 2 aromatic rings. The fourth-order valence-corrected chi connectivity index (χ4v) is 5.07. The zero-order chi connectivity index (χ0) is 23.3. The summed E-state index contributed by atoms with van der Waals surface area (Å²) < 4.78 is 0. The quantitative estimate of drug-likeness (QED) is 0.596. The van der Waals surface area contributed by atoms with E-state index in [1.807, 2.05) is 23.1 Å². The first-order valence-corrected chi connectivity index (χ1v) is 11.7. The van der Waals surface area contributed by atoms with Crippen molar-refractivity contribution in [1.29, 1.82) is 5.41 Å². The molecular formula is C26H30N4O3. The smallest absolute Gasteiger partial charge is 0.303 e. The van der Waals surface area contributed by atoms with E-state index in [-0.39, 0.29) is 24.2 Å². The molecule has 0 atom stereocenters. The number of ketones is 1. The molecule has 7 nitrogen and oxygen atoms in total. The molecule has 1 fully saturated rings. The lowest BCUT2D eigenvalue weighted by molar-refractivity contribution is -0.137. The zero-order valence-corrected chi connectivity index (χ0v) is 19.2. The number of aromatic nitrogens is 1. The SMILES string of the molecule is CC1(C)CN(CCCC(=O)O)c2ccc(C(=O)CN3Cc4ccc(C5CC5)nc4C3=N)cc21. The lowest BCUT2D eigenvalue weighted by Gasteiger charge is -2.22. The minimum absolute atomic E-state index is 0.00194. The number of benzene rings is 1. The molecule has 7 heteroatoms. The van der Waals surface area contributed by atoms with E-state index in [4.69, 9.17) is 15.5 Å². The maximum Gasteiger partial charge on any atom is 0.303 e. The molecule has 0 amide bonds. The number of carboxylic acid groups (broad SMARTS) is 1. The Morgan fingerprint density at radius 3 is 2.70 bits per heavy atom. The van der Waals surface area contributed by atoms with Crippen LogP contribution in [0.4, 0.5) is 5.69 Å². The van der Waals surface area contributed by atoms with E-state index in [9.17, 15) is 9.59 Å². The second-order valence-electron chi connectivity index (χ2n) is 10.2. The van der Waals surface area contributed by atoms with Gasteiger partial charge in [-0.05, 0) is 49.1 Å². The van der Waals surface area contributed by atoms with Crippen LogP contribution in [0.2, 0.25) is 0 Å². The third kappa shape index (κ3) is 4.12. The Morgan fingerprint density at radius 2 is 1.97 bits per heavy atom. The summed E-state index contributed by atoms with van der Waals surface area (Å²) in [6.45, 7) is 6.53. The molecule has 3 heterocycles. The van der Waals surface area contributed by atoms with Gasteiger partial charge in [0.15, 0.2) is 5.78 Å². The molecule has 5 rings (SSSR count). The van der Waals surface area contributed by atoms with Crippen LogP contribution in [0.5, 0.6) is 0 Å². The van der Waals surface area contributed by atoms with Crippen LogP contribution in [-0.4, -0.2) is 52.2 Å². The number of carbonyl (C=O) groups excluding carboxylic acids is 1. The van der Waals surface area contributed by atoms with Crippen LogP contribution in [0.3, 0.4) is 0 Å². The van der Waals surface area contributed by atoms with Crippen LogP contribution in [0.15, 0.2) is 30.3 Å². The number of anilines is 1. The van der Waals surface area contributed by atoms with Crippen molar-refractivity contribution in [2.45, 2.75) is 57.4 Å². The molecule has 0 bridgehead atoms. The zero-order valence-electron chi connectivity index (χ0n) is 19.2. The fraction of sp³-hybridized carbons (Fsp3) is 0.462. The largest absolute Gasteiger partial charge is 0.481 e. The molecular weight excluding hydrogens is 416 g/mol. The Labute approximate surface area is 193 Å². The van der Waals surface area contributed by atoms with Crippen LogP contribution < -0.4 is 4.90 Å². The van der Waals surface area contributed by atoms with Gasteiger partial charge in [-0.2, -0.15) is 0 Å². The second kappa shape index (κ2) is 7.97. The predicted molar refractivity (Wildman–Crippen MR) is 126 cm³/mol. The molecule has 3 aliphatic rings. The van der Waals surface area contributed by atoms with Crippen LogP contribution in [-0.2, 0) is 16.8 Å². The number of fused-ring (bicyclic) bond motifs is 2. The molecule has 0 saturated heterocycles. The summed E-state index contributed by atoms with van der Waals surface area (Å²) in [5, 5.41) is 17.5. The van der Waals surface area contributed by atoms with Gasteiger partial charge in [-0.15, -0.1) is 0 Å². The summed E-state index contributed by atoms with van der Waals surface area (Å²) in [7, 11) is 0. The van der Waals surface area contributed by atoms with Gasteiger partial charge < -0.3 is 14.9 Å². The molecule has 0 spiro atoms. The minimum atomic E-state index is -0.775. The van der Waals surface area contributed by atoms with Crippen molar-refractivity contribution in [3.05, 3.63) is 58.4 Å². The van der Waals surface area contributed by atoms with E-state index in [0.717, 1.165) is 34.7 Å². The normalized spacial score (nSPS) is 18.4. The molecule has 33 heavy (non-hydrogen) atoms. The van der Waals surface area contributed by atoms with Crippen molar-refractivity contribution in [3.63, 3.8) is 0 Å². The van der Waals surface area contributed by atoms with Gasteiger partial charge in [-0.3, -0.25) is 15.0 Å². The number of hydrogen-bond donors (Lipinski definition) is 2. The summed E-state index contributed by atoms with van der Waals surface area (Å²) in [5.74, 6) is 0.102. The van der Waals surface area contributed by atoms with E-state index in [0.29, 0.717) is 36.8 Å². The number of carboxylic acids is 1. The van der Waals surface area contributed by atoms with Gasteiger partial charge in [0.1, 0.15) is 11.5 Å². The number of rotatable bonds is 8. The second-order valence-corrected chi connectivity index (χ2v) is 10.2. The predicted octanol–water partition coefficient (Wildman–Crippen LogP) is 3.95. The first-order valence-electron chi connectivity index (χ1n) is 11.7. The Kier molecular flexibility index (Phi) is 5.22. The van der Waals surface area contributed by atoms with Crippen molar-refractivity contribution in [2.75, 3.05) is 24.5 Å². The van der Waals surface area contributed by atoms with Crippen molar-refractivity contribution in [1.82, 2.24) is 9.88 Å². The molecule has 2 N–H and O–H groups in total. The average molecular weight is 447 g/mol. The molecule has 0 radical (unpaired) electrons. The number of Topliss-reactive ketones (excluding diaryl/α,β-unsaturated/α-hetero) is 1. The van der Waals surface area contributed by atoms with Crippen molar-refractivity contribution < 1.29 is 14.7 Å². The summed E-state index contributed by atoms with van der Waals surface area (Å²) >= 11 is 0. The van der Waals surface area contributed by atoms with Gasteiger partial charge in [-0.25, -0.2) is 4.98 Å². The van der Waals surface area contributed by atoms with Crippen molar-refractivity contribution >= 4 is 23.3 Å². The van der Waals surface area contributed by atoms with E-state index in [2.05, 4.69) is 30.9 Å². The summed E-state index contributed by atoms with van der Waals surface area (Å²) in [5.41, 5.74) is 5.56. The van der Waals surface area contributed by atoms with Crippen LogP contribution in [0.25, 0.3) is 0 Å². The molecule has 2 aliphatic heterocycles. The first-order chi connectivity index (χ1) is 15.7. The number of hydrogen-bond acceptors (Lipinski definition) is 5. The monoisotopic (exact) mass is 446 g/mol. The lowest BCUT2D eigenvalue weighted by Crippen LogP contribution is -2.30. The molecule has 0 unspecified atom stereocenters. The highest BCUT2D eigenvalue weighted by molar-refractivity contribution is 6.04. The fourth-order valence-electron chi connectivity index (χ4n) is 5.07. The number of amidine groups is 1. The topological polar surface area (TPSA) is 97.6 Å². The molecule has 1 saturated carbocycles. The number of nitrogens with zero attached hydrogens (tertiary/aromatic N) is 3. The lowest BCUT2D eigenvalue weighted by atomic mass is 9.85. The minimum Gasteiger partial charge on any atom is -0.481 e. The van der Waals surface area contributed by atoms with E-state index < -0.39 is 5.97 Å². The van der Waals surface area contributed by atoms with Crippen molar-refractivity contribution in [3.8, 4) is 0 Å². The van der Waals surface area contributed by atoms with Crippen LogP contribution in [0.1, 0.15) is 78.3 Å². The highest BCUT2D eigenvalue weighted by Gasteiger charge is 2.36. The Balaban J connectivity index is 1.30. The molecule has 1 aliphatic carbocycles. The van der Waals surface area contributed by atoms with Gasteiger partial charge in [0.05, 0.1) is 6.54 Å². The number of nitrogens with one attached hydrogen (secondary N) is 1. The van der Waals surface area contributed by atoms with Gasteiger partial charge >= 0.3 is 5.97 Å². The third-order valence-electron chi connectivity index (χ3n) is 7.03. The third-order valence-corrected chi connectivity index (χ3v) is 7.03. The van der Waals surface area contributed by atoms with Gasteiger partial charge in [0.2, 0.25) is 0 Å². The van der Waals surface area contributed by atoms with Crippen LogP contribution in [0, 0.1) is 5.41 Å². The standard InChI is InChI=1S/C26H30N4O3/c1-26(2)15-29(11-3-4-23(32)33)21-10-8-17(12-19(21)26)22(31)14-30-13-18-7-9-20(16-5-6-16)28-24(18)25(30)27/h7-10,12,16,27H,3-6,11,13-15H2,1-2H3,(H,32,33). The van der Waals surface area contributed by atoms with Gasteiger partial charge in [-0.1, -0.05) is 19.9 Å². The van der Waals surface area contributed by atoms with Gasteiger partial charge in [0, 0.05) is 59.9 Å². The van der Waals surface area contributed by atoms with E-state index in [1.54, 1.807) is 0 Å². The summed E-state index contributed by atoms with van der Waals surface area (Å²) in [6, 6.07) is 9.98. The van der Waals surface area contributed by atoms with E-state index >= 15 is 0 Å². The molecule has 172 valence electrons. The van der Waals surface area contributed by atoms with Crippen LogP contribution >= 0.6 is 0 Å².